The van der Waals surface area contributed by atoms with E-state index in [1.54, 1.807) is 0 Å². The van der Waals surface area contributed by atoms with Crippen molar-refractivity contribution >= 4 is 28.8 Å². The van der Waals surface area contributed by atoms with Gasteiger partial charge in [0.25, 0.3) is 0 Å². The quantitative estimate of drug-likeness (QED) is 0.867. The fourth-order valence-electron chi connectivity index (χ4n) is 2.38. The molecule has 1 aliphatic heterocycles. The molecule has 2 heterocycles. The Morgan fingerprint density at radius 2 is 2.05 bits per heavy atom. The summed E-state index contributed by atoms with van der Waals surface area (Å²) in [6, 6.07) is 7.65. The molecule has 20 heavy (non-hydrogen) atoms. The molecule has 1 saturated heterocycles. The topological polar surface area (TPSA) is 33.2 Å². The van der Waals surface area contributed by atoms with E-state index in [-0.39, 0.29) is 5.91 Å². The number of aromatic nitrogens is 1. The smallest absolute Gasteiger partial charge is 0.228 e. The van der Waals surface area contributed by atoms with Crippen molar-refractivity contribution in [2.75, 3.05) is 13.1 Å². The normalized spacial score (nSPS) is 14.8. The summed E-state index contributed by atoms with van der Waals surface area (Å²) in [4.78, 5) is 18.6. The van der Waals surface area contributed by atoms with E-state index in [2.05, 4.69) is 4.98 Å². The molecule has 1 amide bonds. The number of thiazole rings is 1. The summed E-state index contributed by atoms with van der Waals surface area (Å²) in [6.07, 6.45) is 2.63. The zero-order valence-corrected chi connectivity index (χ0v) is 12.6. The van der Waals surface area contributed by atoms with Crippen LogP contribution in [0.25, 0.3) is 10.6 Å². The Hall–Kier alpha value is -1.39. The van der Waals surface area contributed by atoms with Gasteiger partial charge in [-0.1, -0.05) is 29.8 Å². The zero-order chi connectivity index (χ0) is 13.9. The van der Waals surface area contributed by atoms with Gasteiger partial charge in [-0.2, -0.15) is 0 Å². The van der Waals surface area contributed by atoms with E-state index in [1.165, 1.54) is 11.3 Å². The Balaban J connectivity index is 1.74. The highest BCUT2D eigenvalue weighted by atomic mass is 35.5. The van der Waals surface area contributed by atoms with Crippen LogP contribution in [0.1, 0.15) is 18.5 Å². The van der Waals surface area contributed by atoms with E-state index in [0.717, 1.165) is 42.2 Å². The number of benzene rings is 1. The summed E-state index contributed by atoms with van der Waals surface area (Å²) in [7, 11) is 0. The molecule has 1 fully saturated rings. The Morgan fingerprint density at radius 1 is 1.30 bits per heavy atom. The van der Waals surface area contributed by atoms with Crippen molar-refractivity contribution in [2.24, 2.45) is 0 Å². The molecular formula is C15H15ClN2OS. The van der Waals surface area contributed by atoms with Crippen molar-refractivity contribution < 1.29 is 4.79 Å². The first-order valence-corrected chi connectivity index (χ1v) is 7.97. The van der Waals surface area contributed by atoms with E-state index < -0.39 is 0 Å². The number of carbonyl (C=O) groups excluding carboxylic acids is 1. The molecule has 0 unspecified atom stereocenters. The molecule has 104 valence electrons. The highest BCUT2D eigenvalue weighted by Gasteiger charge is 2.19. The van der Waals surface area contributed by atoms with Gasteiger partial charge in [-0.15, -0.1) is 11.3 Å². The van der Waals surface area contributed by atoms with E-state index >= 15 is 0 Å². The maximum Gasteiger partial charge on any atom is 0.228 e. The monoisotopic (exact) mass is 306 g/mol. The second kappa shape index (κ2) is 5.94. The van der Waals surface area contributed by atoms with Crippen LogP contribution in [0.5, 0.6) is 0 Å². The molecular weight excluding hydrogens is 292 g/mol. The molecule has 0 N–H and O–H groups in total. The number of rotatable bonds is 3. The van der Waals surface area contributed by atoms with Crippen molar-refractivity contribution in [1.82, 2.24) is 9.88 Å². The van der Waals surface area contributed by atoms with Gasteiger partial charge in [0.15, 0.2) is 0 Å². The molecule has 3 nitrogen and oxygen atoms in total. The number of carbonyl (C=O) groups is 1. The van der Waals surface area contributed by atoms with Crippen molar-refractivity contribution in [2.45, 2.75) is 19.3 Å². The number of nitrogens with zero attached hydrogens (tertiary/aromatic N) is 2. The molecule has 0 bridgehead atoms. The van der Waals surface area contributed by atoms with Crippen molar-refractivity contribution in [3.8, 4) is 10.6 Å². The van der Waals surface area contributed by atoms with E-state index in [9.17, 15) is 4.79 Å². The molecule has 1 aromatic heterocycles. The van der Waals surface area contributed by atoms with Gasteiger partial charge in [0.2, 0.25) is 5.91 Å². The predicted molar refractivity (Wildman–Crippen MR) is 82.1 cm³/mol. The van der Waals surface area contributed by atoms with Gasteiger partial charge in [0.05, 0.1) is 17.1 Å². The minimum atomic E-state index is 0.179. The maximum atomic E-state index is 12.1. The van der Waals surface area contributed by atoms with Crippen LogP contribution < -0.4 is 0 Å². The first kappa shape index (κ1) is 13.6. The lowest BCUT2D eigenvalue weighted by Crippen LogP contribution is -2.29. The molecule has 1 aliphatic rings. The highest BCUT2D eigenvalue weighted by molar-refractivity contribution is 7.13. The lowest BCUT2D eigenvalue weighted by Gasteiger charge is -2.13. The minimum Gasteiger partial charge on any atom is -0.342 e. The van der Waals surface area contributed by atoms with Crippen LogP contribution in [0.3, 0.4) is 0 Å². The Labute approximate surface area is 127 Å². The first-order valence-electron chi connectivity index (χ1n) is 6.71. The van der Waals surface area contributed by atoms with Gasteiger partial charge in [0, 0.05) is 24.0 Å². The lowest BCUT2D eigenvalue weighted by molar-refractivity contribution is -0.129. The summed E-state index contributed by atoms with van der Waals surface area (Å²) in [5.41, 5.74) is 1.76. The van der Waals surface area contributed by atoms with E-state index in [0.29, 0.717) is 11.4 Å². The Kier molecular flexibility index (Phi) is 4.03. The van der Waals surface area contributed by atoms with E-state index in [1.807, 2.05) is 34.5 Å². The van der Waals surface area contributed by atoms with Crippen molar-refractivity contribution in [3.63, 3.8) is 0 Å². The van der Waals surface area contributed by atoms with Gasteiger partial charge in [0.1, 0.15) is 5.01 Å². The lowest BCUT2D eigenvalue weighted by atomic mass is 10.2. The molecule has 0 aliphatic carbocycles. The van der Waals surface area contributed by atoms with Crippen molar-refractivity contribution in [1.29, 1.82) is 0 Å². The number of amides is 1. The van der Waals surface area contributed by atoms with E-state index in [4.69, 9.17) is 11.6 Å². The van der Waals surface area contributed by atoms with Gasteiger partial charge in [-0.3, -0.25) is 4.79 Å². The number of halogens is 1. The molecule has 0 atom stereocenters. The fraction of sp³-hybridized carbons (Fsp3) is 0.333. The Bertz CT molecular complexity index is 620. The third-order valence-electron chi connectivity index (χ3n) is 3.45. The standard InChI is InChI=1S/C15H15ClN2OS/c16-13-6-2-1-5-12(13)15-17-11(10-20-15)9-14(19)18-7-3-4-8-18/h1-2,5-6,10H,3-4,7-9H2. The Morgan fingerprint density at radius 3 is 2.80 bits per heavy atom. The second-order valence-corrected chi connectivity index (χ2v) is 6.15. The first-order chi connectivity index (χ1) is 9.74. The van der Waals surface area contributed by atoms with Crippen molar-refractivity contribution in [3.05, 3.63) is 40.4 Å². The third-order valence-corrected chi connectivity index (χ3v) is 4.70. The van der Waals surface area contributed by atoms with Crippen LogP contribution in [-0.2, 0) is 11.2 Å². The number of hydrogen-bond acceptors (Lipinski definition) is 3. The summed E-state index contributed by atoms with van der Waals surface area (Å²) >= 11 is 7.70. The van der Waals surface area contributed by atoms with Gasteiger partial charge in [-0.25, -0.2) is 4.98 Å². The zero-order valence-electron chi connectivity index (χ0n) is 11.0. The third kappa shape index (κ3) is 2.86. The van der Waals surface area contributed by atoms with Crippen LogP contribution in [0.15, 0.2) is 29.6 Å². The molecule has 1 aromatic carbocycles. The van der Waals surface area contributed by atoms with Gasteiger partial charge < -0.3 is 4.90 Å². The highest BCUT2D eigenvalue weighted by Crippen LogP contribution is 2.30. The van der Waals surface area contributed by atoms with Crippen LogP contribution >= 0.6 is 22.9 Å². The average molecular weight is 307 g/mol. The summed E-state index contributed by atoms with van der Waals surface area (Å²) in [5.74, 6) is 0.179. The largest absolute Gasteiger partial charge is 0.342 e. The van der Waals surface area contributed by atoms with Gasteiger partial charge in [-0.05, 0) is 18.9 Å². The summed E-state index contributed by atoms with van der Waals surface area (Å²) in [6.45, 7) is 1.78. The summed E-state index contributed by atoms with van der Waals surface area (Å²) in [5, 5.41) is 3.52. The van der Waals surface area contributed by atoms with Crippen LogP contribution in [0, 0.1) is 0 Å². The van der Waals surface area contributed by atoms with Crippen LogP contribution in [0.4, 0.5) is 0 Å². The fourth-order valence-corrected chi connectivity index (χ4v) is 3.52. The second-order valence-electron chi connectivity index (χ2n) is 4.89. The molecule has 5 heteroatoms. The number of likely N-dealkylation sites (tertiary alicyclic amines) is 1. The number of hydrogen-bond donors (Lipinski definition) is 0. The van der Waals surface area contributed by atoms with Crippen LogP contribution in [0.2, 0.25) is 5.02 Å². The summed E-state index contributed by atoms with van der Waals surface area (Å²) < 4.78 is 0. The molecule has 2 aromatic rings. The molecule has 0 spiro atoms. The maximum absolute atomic E-state index is 12.1. The predicted octanol–water partition coefficient (Wildman–Crippen LogP) is 3.63. The average Bonchev–Trinajstić information content (AvgIpc) is 3.10. The minimum absolute atomic E-state index is 0.179. The molecule has 0 radical (unpaired) electrons. The molecule has 0 saturated carbocycles. The molecule has 3 rings (SSSR count). The van der Waals surface area contributed by atoms with Crippen LogP contribution in [-0.4, -0.2) is 28.9 Å². The van der Waals surface area contributed by atoms with Gasteiger partial charge >= 0.3 is 0 Å². The SMILES string of the molecule is O=C(Cc1csc(-c2ccccc2Cl)n1)N1CCCC1.